The van der Waals surface area contributed by atoms with E-state index in [4.69, 9.17) is 0 Å². The number of carbonyl (C=O) groups is 1. The highest BCUT2D eigenvalue weighted by molar-refractivity contribution is 5.95. The van der Waals surface area contributed by atoms with Crippen LogP contribution in [0.2, 0.25) is 0 Å². The van der Waals surface area contributed by atoms with Crippen molar-refractivity contribution >= 4 is 5.78 Å². The lowest BCUT2D eigenvalue weighted by molar-refractivity contribution is 0.0978. The molecule has 2 nitrogen and oxygen atoms in total. The van der Waals surface area contributed by atoms with E-state index >= 15 is 0 Å². The van der Waals surface area contributed by atoms with E-state index in [1.54, 1.807) is 12.4 Å². The molecule has 1 unspecified atom stereocenters. The molecule has 2 rings (SSSR count). The average molecular weight is 392 g/mol. The Morgan fingerprint density at radius 2 is 1.55 bits per heavy atom. The van der Waals surface area contributed by atoms with Gasteiger partial charge in [0.15, 0.2) is 5.78 Å². The van der Waals surface area contributed by atoms with E-state index in [0.717, 1.165) is 18.4 Å². The Bertz CT molecular complexity index is 693. The summed E-state index contributed by atoms with van der Waals surface area (Å²) in [5, 5.41) is 0. The maximum Gasteiger partial charge on any atom is 0.164 e. The number of benzene rings is 1. The lowest BCUT2D eigenvalue weighted by atomic mass is 9.96. The zero-order valence-corrected chi connectivity index (χ0v) is 18.1. The number of unbranched alkanes of at least 4 members (excludes halogenated alkanes) is 7. The predicted octanol–water partition coefficient (Wildman–Crippen LogP) is 7.92. The van der Waals surface area contributed by atoms with Crippen LogP contribution >= 0.6 is 0 Å². The molecule has 1 heterocycles. The molecular formula is C27H37NO. The number of allylic oxidation sites excluding steroid dienone is 2. The van der Waals surface area contributed by atoms with Gasteiger partial charge in [-0.25, -0.2) is 0 Å². The van der Waals surface area contributed by atoms with Gasteiger partial charge in [0.25, 0.3) is 0 Å². The number of aromatic nitrogens is 1. The Morgan fingerprint density at radius 3 is 2.28 bits per heavy atom. The second-order valence-corrected chi connectivity index (χ2v) is 8.04. The number of pyridine rings is 1. The molecule has 0 N–H and O–H groups in total. The van der Waals surface area contributed by atoms with Gasteiger partial charge in [-0.05, 0) is 55.7 Å². The molecular weight excluding hydrogens is 354 g/mol. The summed E-state index contributed by atoms with van der Waals surface area (Å²) >= 11 is 0. The topological polar surface area (TPSA) is 30.0 Å². The number of hydrogen-bond acceptors (Lipinski definition) is 2. The van der Waals surface area contributed by atoms with Crippen LogP contribution in [0.1, 0.15) is 99.4 Å². The highest BCUT2D eigenvalue weighted by atomic mass is 16.1. The molecule has 1 atom stereocenters. The smallest absolute Gasteiger partial charge is 0.164 e. The molecule has 156 valence electrons. The summed E-state index contributed by atoms with van der Waals surface area (Å²) in [5.41, 5.74) is 2.19. The molecule has 0 saturated carbocycles. The normalized spacial score (nSPS) is 12.3. The zero-order chi connectivity index (χ0) is 20.6. The standard InChI is InChI=1S/C27H37NO/c1-24(25-18-13-11-14-19-25)17-12-9-7-5-3-2-4-6-8-10-15-21-27(29)26-20-16-22-28-23-26/h7,9,11,13-14,16,18-20,22-24H,2-6,8,10,12,15,17,21H2,1H3/b9-7+. The molecule has 0 amide bonds. The predicted molar refractivity (Wildman–Crippen MR) is 123 cm³/mol. The van der Waals surface area contributed by atoms with Crippen molar-refractivity contribution in [3.8, 4) is 0 Å². The fraction of sp³-hybridized carbons (Fsp3) is 0.481. The summed E-state index contributed by atoms with van der Waals surface area (Å²) in [4.78, 5) is 16.0. The third kappa shape index (κ3) is 10.2. The van der Waals surface area contributed by atoms with E-state index in [2.05, 4.69) is 54.4 Å². The van der Waals surface area contributed by atoms with Gasteiger partial charge in [0.05, 0.1) is 0 Å². The lowest BCUT2D eigenvalue weighted by Crippen LogP contribution is -1.99. The molecule has 0 aliphatic rings. The van der Waals surface area contributed by atoms with Crippen molar-refractivity contribution in [1.82, 2.24) is 4.98 Å². The van der Waals surface area contributed by atoms with Crippen molar-refractivity contribution in [3.63, 3.8) is 0 Å². The summed E-state index contributed by atoms with van der Waals surface area (Å²) in [6.07, 6.45) is 21.0. The summed E-state index contributed by atoms with van der Waals surface area (Å²) in [6.45, 7) is 2.32. The van der Waals surface area contributed by atoms with Crippen LogP contribution in [-0.4, -0.2) is 10.8 Å². The van der Waals surface area contributed by atoms with Crippen LogP contribution in [0.3, 0.4) is 0 Å². The molecule has 0 aliphatic carbocycles. The quantitative estimate of drug-likeness (QED) is 0.175. The summed E-state index contributed by atoms with van der Waals surface area (Å²) in [7, 11) is 0. The second-order valence-electron chi connectivity index (χ2n) is 8.04. The van der Waals surface area contributed by atoms with Gasteiger partial charge in [-0.3, -0.25) is 9.78 Å². The van der Waals surface area contributed by atoms with Crippen LogP contribution in [0.15, 0.2) is 67.0 Å². The first-order valence-electron chi connectivity index (χ1n) is 11.4. The summed E-state index contributed by atoms with van der Waals surface area (Å²) in [5.74, 6) is 0.864. The minimum absolute atomic E-state index is 0.225. The van der Waals surface area contributed by atoms with Gasteiger partial charge in [0.1, 0.15) is 0 Å². The van der Waals surface area contributed by atoms with Crippen LogP contribution in [0, 0.1) is 0 Å². The summed E-state index contributed by atoms with van der Waals surface area (Å²) in [6, 6.07) is 14.5. The van der Waals surface area contributed by atoms with Crippen LogP contribution in [0.25, 0.3) is 0 Å². The Kier molecular flexibility index (Phi) is 11.7. The van der Waals surface area contributed by atoms with Crippen molar-refractivity contribution in [3.05, 3.63) is 78.1 Å². The van der Waals surface area contributed by atoms with Gasteiger partial charge >= 0.3 is 0 Å². The van der Waals surface area contributed by atoms with Gasteiger partial charge in [-0.1, -0.05) is 81.5 Å². The molecule has 2 heteroatoms. The maximum absolute atomic E-state index is 12.0. The van der Waals surface area contributed by atoms with Crippen molar-refractivity contribution in [2.24, 2.45) is 0 Å². The highest BCUT2D eigenvalue weighted by Crippen LogP contribution is 2.20. The first-order chi connectivity index (χ1) is 14.3. The Labute approximate surface area is 177 Å². The van der Waals surface area contributed by atoms with Gasteiger partial charge < -0.3 is 0 Å². The van der Waals surface area contributed by atoms with Crippen molar-refractivity contribution in [2.75, 3.05) is 0 Å². The highest BCUT2D eigenvalue weighted by Gasteiger charge is 2.05. The number of carbonyl (C=O) groups excluding carboxylic acids is 1. The fourth-order valence-electron chi connectivity index (χ4n) is 3.63. The zero-order valence-electron chi connectivity index (χ0n) is 18.1. The Balaban J connectivity index is 1.38. The molecule has 1 aromatic heterocycles. The molecule has 1 aromatic carbocycles. The third-order valence-electron chi connectivity index (χ3n) is 5.56. The minimum atomic E-state index is 0.225. The number of hydrogen-bond donors (Lipinski definition) is 0. The average Bonchev–Trinajstić information content (AvgIpc) is 2.77. The van der Waals surface area contributed by atoms with E-state index in [1.165, 1.54) is 56.9 Å². The first-order valence-corrected chi connectivity index (χ1v) is 11.4. The largest absolute Gasteiger partial charge is 0.294 e. The van der Waals surface area contributed by atoms with Crippen LogP contribution in [-0.2, 0) is 0 Å². The third-order valence-corrected chi connectivity index (χ3v) is 5.56. The van der Waals surface area contributed by atoms with Crippen molar-refractivity contribution in [1.29, 1.82) is 0 Å². The molecule has 0 spiro atoms. The summed E-state index contributed by atoms with van der Waals surface area (Å²) < 4.78 is 0. The molecule has 0 radical (unpaired) electrons. The minimum Gasteiger partial charge on any atom is -0.294 e. The van der Waals surface area contributed by atoms with Gasteiger partial charge in [-0.2, -0.15) is 0 Å². The monoisotopic (exact) mass is 391 g/mol. The maximum atomic E-state index is 12.0. The number of ketones is 1. The van der Waals surface area contributed by atoms with Gasteiger partial charge in [0, 0.05) is 24.4 Å². The van der Waals surface area contributed by atoms with Crippen LogP contribution < -0.4 is 0 Å². The molecule has 29 heavy (non-hydrogen) atoms. The van der Waals surface area contributed by atoms with E-state index in [0.29, 0.717) is 12.3 Å². The molecule has 0 saturated heterocycles. The van der Waals surface area contributed by atoms with Crippen molar-refractivity contribution < 1.29 is 4.79 Å². The SMILES string of the molecule is CC(CC/C=C/CCCCCCCCCC(=O)c1cccnc1)c1ccccc1. The van der Waals surface area contributed by atoms with Gasteiger partial charge in [-0.15, -0.1) is 0 Å². The van der Waals surface area contributed by atoms with Crippen LogP contribution in [0.4, 0.5) is 0 Å². The van der Waals surface area contributed by atoms with E-state index in [-0.39, 0.29) is 5.78 Å². The van der Waals surface area contributed by atoms with Crippen molar-refractivity contribution in [2.45, 2.75) is 83.5 Å². The van der Waals surface area contributed by atoms with Crippen LogP contribution in [0.5, 0.6) is 0 Å². The lowest BCUT2D eigenvalue weighted by Gasteiger charge is -2.09. The molecule has 0 fully saturated rings. The first kappa shape index (κ1) is 23.1. The molecule has 2 aromatic rings. The van der Waals surface area contributed by atoms with E-state index < -0.39 is 0 Å². The number of Topliss-reactive ketones (excluding diaryl/α,β-unsaturated/α-hetero) is 1. The second kappa shape index (κ2) is 14.7. The molecule has 0 bridgehead atoms. The van der Waals surface area contributed by atoms with E-state index in [1.807, 2.05) is 12.1 Å². The number of nitrogens with zero attached hydrogens (tertiary/aromatic N) is 1. The number of rotatable bonds is 15. The molecule has 0 aliphatic heterocycles. The van der Waals surface area contributed by atoms with Gasteiger partial charge in [0.2, 0.25) is 0 Å². The fourth-order valence-corrected chi connectivity index (χ4v) is 3.63. The Morgan fingerprint density at radius 1 is 0.862 bits per heavy atom. The van der Waals surface area contributed by atoms with E-state index in [9.17, 15) is 4.79 Å². The Hall–Kier alpha value is -2.22.